The van der Waals surface area contributed by atoms with Crippen LogP contribution in [-0.2, 0) is 20.7 Å². The predicted molar refractivity (Wildman–Crippen MR) is 94.5 cm³/mol. The molecule has 2 amide bonds. The van der Waals surface area contributed by atoms with Gasteiger partial charge in [0.25, 0.3) is 0 Å². The molecule has 1 saturated heterocycles. The number of benzene rings is 1. The van der Waals surface area contributed by atoms with Gasteiger partial charge in [0.15, 0.2) is 0 Å². The van der Waals surface area contributed by atoms with E-state index in [0.717, 1.165) is 35.9 Å². The van der Waals surface area contributed by atoms with Crippen molar-refractivity contribution < 1.29 is 14.3 Å². The fourth-order valence-corrected chi connectivity index (χ4v) is 4.24. The number of amides is 2. The zero-order chi connectivity index (χ0) is 17.2. The second-order valence-electron chi connectivity index (χ2n) is 7.00. The molecule has 1 saturated carbocycles. The summed E-state index contributed by atoms with van der Waals surface area (Å²) in [5.41, 5.74) is 1.34. The first-order valence-electron chi connectivity index (χ1n) is 8.41. The molecule has 2 fully saturated rings. The summed E-state index contributed by atoms with van der Waals surface area (Å²) < 4.78 is 6.63. The van der Waals surface area contributed by atoms with Crippen LogP contribution in [0.4, 0.5) is 0 Å². The van der Waals surface area contributed by atoms with Gasteiger partial charge in [0.2, 0.25) is 0 Å². The van der Waals surface area contributed by atoms with E-state index in [9.17, 15) is 9.59 Å². The Morgan fingerprint density at radius 1 is 1.25 bits per heavy atom. The van der Waals surface area contributed by atoms with Crippen molar-refractivity contribution in [1.29, 1.82) is 0 Å². The third-order valence-electron chi connectivity index (χ3n) is 4.93. The molecule has 1 aromatic rings. The molecule has 1 aliphatic carbocycles. The number of carbonyl (C=O) groups is 2. The molecule has 2 aliphatic rings. The molecular formula is C18H23BrN2O3. The van der Waals surface area contributed by atoms with E-state index in [2.05, 4.69) is 33.5 Å². The Labute approximate surface area is 150 Å². The van der Waals surface area contributed by atoms with Crippen LogP contribution >= 0.6 is 15.9 Å². The zero-order valence-electron chi connectivity index (χ0n) is 13.8. The van der Waals surface area contributed by atoms with Gasteiger partial charge in [-0.3, -0.25) is 9.59 Å². The van der Waals surface area contributed by atoms with Crippen LogP contribution in [0, 0.1) is 5.41 Å². The van der Waals surface area contributed by atoms with E-state index in [0.29, 0.717) is 19.1 Å². The van der Waals surface area contributed by atoms with Crippen LogP contribution in [0.1, 0.15) is 31.7 Å². The molecule has 0 aromatic heterocycles. The fraction of sp³-hybridized carbons (Fsp3) is 0.556. The van der Waals surface area contributed by atoms with E-state index in [4.69, 9.17) is 4.74 Å². The molecule has 2 N–H and O–H groups in total. The van der Waals surface area contributed by atoms with Gasteiger partial charge in [-0.15, -0.1) is 0 Å². The number of hydrogen-bond donors (Lipinski definition) is 2. The second kappa shape index (κ2) is 7.23. The lowest BCUT2D eigenvalue weighted by atomic mass is 9.64. The summed E-state index contributed by atoms with van der Waals surface area (Å²) in [7, 11) is 0. The Balaban J connectivity index is 1.37. The quantitative estimate of drug-likeness (QED) is 0.769. The van der Waals surface area contributed by atoms with Gasteiger partial charge >= 0.3 is 11.8 Å². The van der Waals surface area contributed by atoms with Crippen LogP contribution in [-0.4, -0.2) is 37.1 Å². The molecule has 1 aromatic carbocycles. The SMILES string of the molecule is CC1CC2(CO1)CC(NC(=O)C(=O)NCCc1ccccc1Br)C2. The predicted octanol–water partition coefficient (Wildman–Crippen LogP) is 2.18. The van der Waals surface area contributed by atoms with Crippen molar-refractivity contribution in [3.05, 3.63) is 34.3 Å². The minimum atomic E-state index is -0.556. The van der Waals surface area contributed by atoms with Crippen LogP contribution in [0.2, 0.25) is 0 Å². The van der Waals surface area contributed by atoms with Gasteiger partial charge in [-0.2, -0.15) is 0 Å². The summed E-state index contributed by atoms with van der Waals surface area (Å²) >= 11 is 3.47. The van der Waals surface area contributed by atoms with Crippen molar-refractivity contribution in [3.63, 3.8) is 0 Å². The summed E-state index contributed by atoms with van der Waals surface area (Å²) in [6.45, 7) is 3.30. The Kier molecular flexibility index (Phi) is 5.25. The average Bonchev–Trinajstić information content (AvgIpc) is 2.90. The Morgan fingerprint density at radius 3 is 2.67 bits per heavy atom. The van der Waals surface area contributed by atoms with E-state index >= 15 is 0 Å². The molecule has 130 valence electrons. The van der Waals surface area contributed by atoms with Crippen molar-refractivity contribution in [2.75, 3.05) is 13.2 Å². The number of halogens is 1. The molecule has 0 radical (unpaired) electrons. The number of carbonyl (C=O) groups excluding carboxylic acids is 2. The highest BCUT2D eigenvalue weighted by Gasteiger charge is 2.49. The molecule has 24 heavy (non-hydrogen) atoms. The Morgan fingerprint density at radius 2 is 2.00 bits per heavy atom. The smallest absolute Gasteiger partial charge is 0.309 e. The molecule has 3 rings (SSSR count). The summed E-state index contributed by atoms with van der Waals surface area (Å²) in [6, 6.07) is 7.95. The minimum Gasteiger partial charge on any atom is -0.378 e. The van der Waals surface area contributed by atoms with Crippen molar-refractivity contribution in [2.24, 2.45) is 5.41 Å². The molecule has 1 heterocycles. The molecule has 6 heteroatoms. The molecule has 0 bridgehead atoms. The van der Waals surface area contributed by atoms with E-state index in [1.807, 2.05) is 24.3 Å². The summed E-state index contributed by atoms with van der Waals surface area (Å²) in [4.78, 5) is 23.9. The van der Waals surface area contributed by atoms with Crippen LogP contribution in [0.25, 0.3) is 0 Å². The normalized spacial score (nSPS) is 28.4. The van der Waals surface area contributed by atoms with Crippen LogP contribution in [0.15, 0.2) is 28.7 Å². The first-order chi connectivity index (χ1) is 11.5. The fourth-order valence-electron chi connectivity index (χ4n) is 3.76. The van der Waals surface area contributed by atoms with Gasteiger partial charge in [0.1, 0.15) is 0 Å². The minimum absolute atomic E-state index is 0.0976. The second-order valence-corrected chi connectivity index (χ2v) is 7.86. The number of rotatable bonds is 4. The first kappa shape index (κ1) is 17.4. The summed E-state index contributed by atoms with van der Waals surface area (Å²) in [5.74, 6) is -1.09. The highest BCUT2D eigenvalue weighted by atomic mass is 79.9. The lowest BCUT2D eigenvalue weighted by Gasteiger charge is -2.44. The van der Waals surface area contributed by atoms with Gasteiger partial charge < -0.3 is 15.4 Å². The van der Waals surface area contributed by atoms with Crippen LogP contribution in [0.3, 0.4) is 0 Å². The number of hydrogen-bond acceptors (Lipinski definition) is 3. The van der Waals surface area contributed by atoms with Gasteiger partial charge in [-0.05, 0) is 44.2 Å². The highest BCUT2D eigenvalue weighted by molar-refractivity contribution is 9.10. The van der Waals surface area contributed by atoms with E-state index < -0.39 is 11.8 Å². The van der Waals surface area contributed by atoms with Gasteiger partial charge in [-0.25, -0.2) is 0 Å². The topological polar surface area (TPSA) is 67.4 Å². The van der Waals surface area contributed by atoms with Gasteiger partial charge in [0, 0.05) is 22.5 Å². The maximum Gasteiger partial charge on any atom is 0.309 e. The van der Waals surface area contributed by atoms with Crippen molar-refractivity contribution >= 4 is 27.7 Å². The van der Waals surface area contributed by atoms with E-state index in [-0.39, 0.29) is 11.5 Å². The molecule has 5 nitrogen and oxygen atoms in total. The van der Waals surface area contributed by atoms with Crippen molar-refractivity contribution in [1.82, 2.24) is 10.6 Å². The van der Waals surface area contributed by atoms with Gasteiger partial charge in [-0.1, -0.05) is 34.1 Å². The third kappa shape index (κ3) is 3.98. The lowest BCUT2D eigenvalue weighted by Crippen LogP contribution is -2.54. The van der Waals surface area contributed by atoms with Crippen molar-refractivity contribution in [3.8, 4) is 0 Å². The van der Waals surface area contributed by atoms with E-state index in [1.165, 1.54) is 0 Å². The molecule has 1 spiro atoms. The highest BCUT2D eigenvalue weighted by Crippen LogP contribution is 2.49. The maximum atomic E-state index is 12.0. The monoisotopic (exact) mass is 394 g/mol. The lowest BCUT2D eigenvalue weighted by molar-refractivity contribution is -0.140. The first-order valence-corrected chi connectivity index (χ1v) is 9.20. The summed E-state index contributed by atoms with van der Waals surface area (Å²) in [6.07, 6.45) is 3.86. The van der Waals surface area contributed by atoms with E-state index in [1.54, 1.807) is 0 Å². The molecule has 1 aliphatic heterocycles. The number of nitrogens with one attached hydrogen (secondary N) is 2. The van der Waals surface area contributed by atoms with Crippen molar-refractivity contribution in [2.45, 2.75) is 44.8 Å². The Hall–Kier alpha value is -1.40. The maximum absolute atomic E-state index is 12.0. The zero-order valence-corrected chi connectivity index (χ0v) is 15.4. The van der Waals surface area contributed by atoms with Crippen LogP contribution < -0.4 is 10.6 Å². The van der Waals surface area contributed by atoms with Gasteiger partial charge in [0.05, 0.1) is 12.7 Å². The average molecular weight is 395 g/mol. The molecule has 1 unspecified atom stereocenters. The third-order valence-corrected chi connectivity index (χ3v) is 5.71. The largest absolute Gasteiger partial charge is 0.378 e. The number of ether oxygens (including phenoxy) is 1. The standard InChI is InChI=1S/C18H23BrN2O3/c1-12-8-18(11-24-12)9-14(10-18)21-17(23)16(22)20-7-6-13-4-2-3-5-15(13)19/h2-5,12,14H,6-11H2,1H3,(H,20,22)(H,21,23). The molecular weight excluding hydrogens is 372 g/mol. The van der Waals surface area contributed by atoms with Crippen LogP contribution in [0.5, 0.6) is 0 Å². The Bertz CT molecular complexity index is 628. The summed E-state index contributed by atoms with van der Waals surface area (Å²) in [5, 5.41) is 5.51. The molecule has 1 atom stereocenters.